The zero-order chi connectivity index (χ0) is 12.1. The fourth-order valence-electron chi connectivity index (χ4n) is 1.51. The predicted octanol–water partition coefficient (Wildman–Crippen LogP) is 2.48. The standard InChI is InChI=1S/C14H16FNO/c1-2-3-8-17-14-7-4-11(9-13(14)15)10-16-12-5-6-12/h4,7,9,12,16H,5-6,8,10H2,1H3. The summed E-state index contributed by atoms with van der Waals surface area (Å²) in [5, 5.41) is 3.34. The Hall–Kier alpha value is -1.53. The van der Waals surface area contributed by atoms with Crippen molar-refractivity contribution in [3.8, 4) is 17.6 Å². The van der Waals surface area contributed by atoms with Crippen LogP contribution in [0.25, 0.3) is 0 Å². The molecule has 0 saturated heterocycles. The minimum atomic E-state index is -0.321. The van der Waals surface area contributed by atoms with Crippen molar-refractivity contribution in [2.45, 2.75) is 32.4 Å². The maximum atomic E-state index is 13.6. The Balaban J connectivity index is 1.91. The van der Waals surface area contributed by atoms with Crippen LogP contribution in [0.4, 0.5) is 4.39 Å². The normalized spacial score (nSPS) is 14.0. The maximum Gasteiger partial charge on any atom is 0.165 e. The minimum absolute atomic E-state index is 0.229. The molecule has 1 fully saturated rings. The third-order valence-corrected chi connectivity index (χ3v) is 2.65. The van der Waals surface area contributed by atoms with Gasteiger partial charge >= 0.3 is 0 Å². The van der Waals surface area contributed by atoms with E-state index in [1.165, 1.54) is 18.9 Å². The van der Waals surface area contributed by atoms with Crippen molar-refractivity contribution in [1.29, 1.82) is 0 Å². The van der Waals surface area contributed by atoms with Crippen LogP contribution in [0.5, 0.6) is 5.75 Å². The topological polar surface area (TPSA) is 21.3 Å². The first kappa shape index (κ1) is 11.9. The first-order valence-corrected chi connectivity index (χ1v) is 5.84. The van der Waals surface area contributed by atoms with E-state index in [4.69, 9.17) is 4.74 Å². The van der Waals surface area contributed by atoms with Crippen molar-refractivity contribution in [2.75, 3.05) is 6.61 Å². The second-order valence-corrected chi connectivity index (χ2v) is 4.14. The van der Waals surface area contributed by atoms with Gasteiger partial charge in [0.25, 0.3) is 0 Å². The molecule has 1 aromatic carbocycles. The van der Waals surface area contributed by atoms with Gasteiger partial charge in [-0.2, -0.15) is 0 Å². The smallest absolute Gasteiger partial charge is 0.165 e. The number of ether oxygens (including phenoxy) is 1. The molecule has 2 rings (SSSR count). The highest BCUT2D eigenvalue weighted by Gasteiger charge is 2.20. The molecular formula is C14H16FNO. The average Bonchev–Trinajstić information content (AvgIpc) is 3.13. The summed E-state index contributed by atoms with van der Waals surface area (Å²) in [7, 11) is 0. The molecule has 0 amide bonds. The van der Waals surface area contributed by atoms with E-state index in [0.717, 1.165) is 12.1 Å². The summed E-state index contributed by atoms with van der Waals surface area (Å²) in [5.41, 5.74) is 0.948. The highest BCUT2D eigenvalue weighted by molar-refractivity contribution is 5.29. The van der Waals surface area contributed by atoms with Crippen LogP contribution in [0, 0.1) is 17.7 Å². The number of benzene rings is 1. The van der Waals surface area contributed by atoms with Crippen LogP contribution in [-0.2, 0) is 6.54 Å². The third-order valence-electron chi connectivity index (χ3n) is 2.65. The van der Waals surface area contributed by atoms with Gasteiger partial charge in [-0.15, -0.1) is 5.92 Å². The van der Waals surface area contributed by atoms with Crippen LogP contribution in [0.1, 0.15) is 25.3 Å². The Kier molecular flexibility index (Phi) is 4.00. The lowest BCUT2D eigenvalue weighted by Crippen LogP contribution is -2.15. The lowest BCUT2D eigenvalue weighted by molar-refractivity contribution is 0.347. The first-order valence-electron chi connectivity index (χ1n) is 5.84. The summed E-state index contributed by atoms with van der Waals surface area (Å²) in [6.45, 7) is 2.68. The molecule has 1 aromatic rings. The first-order chi connectivity index (χ1) is 8.29. The van der Waals surface area contributed by atoms with E-state index in [2.05, 4.69) is 17.2 Å². The van der Waals surface area contributed by atoms with E-state index in [1.807, 2.05) is 6.07 Å². The Morgan fingerprint density at radius 2 is 2.29 bits per heavy atom. The average molecular weight is 233 g/mol. The summed E-state index contributed by atoms with van der Waals surface area (Å²) in [6, 6.07) is 5.70. The molecule has 0 unspecified atom stereocenters. The fraction of sp³-hybridized carbons (Fsp3) is 0.429. The molecule has 1 N–H and O–H groups in total. The zero-order valence-corrected chi connectivity index (χ0v) is 9.92. The van der Waals surface area contributed by atoms with Gasteiger partial charge in [0.05, 0.1) is 0 Å². The van der Waals surface area contributed by atoms with Gasteiger partial charge in [0.15, 0.2) is 11.6 Å². The molecule has 0 radical (unpaired) electrons. The molecule has 1 aliphatic carbocycles. The molecule has 0 bridgehead atoms. The highest BCUT2D eigenvalue weighted by atomic mass is 19.1. The maximum absolute atomic E-state index is 13.6. The zero-order valence-electron chi connectivity index (χ0n) is 9.92. The van der Waals surface area contributed by atoms with Crippen molar-refractivity contribution in [3.63, 3.8) is 0 Å². The Labute approximate surface area is 101 Å². The van der Waals surface area contributed by atoms with Gasteiger partial charge in [-0.1, -0.05) is 12.0 Å². The van der Waals surface area contributed by atoms with E-state index in [1.54, 1.807) is 13.0 Å². The molecule has 1 aliphatic rings. The lowest BCUT2D eigenvalue weighted by Gasteiger charge is -2.07. The molecule has 3 heteroatoms. The van der Waals surface area contributed by atoms with Gasteiger partial charge in [-0.3, -0.25) is 0 Å². The number of halogens is 1. The van der Waals surface area contributed by atoms with Crippen LogP contribution in [0.15, 0.2) is 18.2 Å². The molecule has 0 aromatic heterocycles. The number of rotatable bonds is 5. The number of hydrogen-bond acceptors (Lipinski definition) is 2. The van der Waals surface area contributed by atoms with Gasteiger partial charge in [0.2, 0.25) is 0 Å². The van der Waals surface area contributed by atoms with Gasteiger partial charge < -0.3 is 10.1 Å². The lowest BCUT2D eigenvalue weighted by atomic mass is 10.2. The van der Waals surface area contributed by atoms with Gasteiger partial charge in [0.1, 0.15) is 6.61 Å². The molecule has 0 spiro atoms. The van der Waals surface area contributed by atoms with Gasteiger partial charge in [-0.05, 0) is 37.5 Å². The van der Waals surface area contributed by atoms with E-state index in [-0.39, 0.29) is 18.2 Å². The molecule has 90 valence electrons. The van der Waals surface area contributed by atoms with Crippen molar-refractivity contribution >= 4 is 0 Å². The van der Waals surface area contributed by atoms with Crippen molar-refractivity contribution < 1.29 is 9.13 Å². The molecule has 1 saturated carbocycles. The fourth-order valence-corrected chi connectivity index (χ4v) is 1.51. The van der Waals surface area contributed by atoms with E-state index in [0.29, 0.717) is 6.04 Å². The summed E-state index contributed by atoms with van der Waals surface area (Å²) in [5.74, 6) is 5.38. The monoisotopic (exact) mass is 233 g/mol. The predicted molar refractivity (Wildman–Crippen MR) is 65.2 cm³/mol. The Bertz CT molecular complexity index is 443. The molecule has 17 heavy (non-hydrogen) atoms. The Morgan fingerprint density at radius 3 is 2.94 bits per heavy atom. The summed E-state index contributed by atoms with van der Waals surface area (Å²) < 4.78 is 18.8. The van der Waals surface area contributed by atoms with Crippen molar-refractivity contribution in [1.82, 2.24) is 5.32 Å². The van der Waals surface area contributed by atoms with Crippen molar-refractivity contribution in [2.24, 2.45) is 0 Å². The Morgan fingerprint density at radius 1 is 1.47 bits per heavy atom. The largest absolute Gasteiger partial charge is 0.478 e. The summed E-state index contributed by atoms with van der Waals surface area (Å²) >= 11 is 0. The highest BCUT2D eigenvalue weighted by Crippen LogP contribution is 2.21. The quantitative estimate of drug-likeness (QED) is 0.789. The third kappa shape index (κ3) is 3.76. The van der Waals surface area contributed by atoms with Crippen LogP contribution in [0.2, 0.25) is 0 Å². The second-order valence-electron chi connectivity index (χ2n) is 4.14. The van der Waals surface area contributed by atoms with E-state index < -0.39 is 0 Å². The minimum Gasteiger partial charge on any atom is -0.478 e. The van der Waals surface area contributed by atoms with E-state index in [9.17, 15) is 4.39 Å². The van der Waals surface area contributed by atoms with Gasteiger partial charge in [-0.25, -0.2) is 4.39 Å². The molecule has 2 nitrogen and oxygen atoms in total. The van der Waals surface area contributed by atoms with Crippen LogP contribution < -0.4 is 10.1 Å². The molecular weight excluding hydrogens is 217 g/mol. The number of hydrogen-bond donors (Lipinski definition) is 1. The van der Waals surface area contributed by atoms with E-state index >= 15 is 0 Å². The van der Waals surface area contributed by atoms with Crippen LogP contribution >= 0.6 is 0 Å². The van der Waals surface area contributed by atoms with Crippen LogP contribution in [0.3, 0.4) is 0 Å². The summed E-state index contributed by atoms with van der Waals surface area (Å²) in [4.78, 5) is 0. The molecule has 0 atom stereocenters. The number of nitrogens with one attached hydrogen (secondary N) is 1. The molecule has 0 heterocycles. The van der Waals surface area contributed by atoms with Gasteiger partial charge in [0, 0.05) is 12.6 Å². The summed E-state index contributed by atoms with van der Waals surface area (Å²) in [6.07, 6.45) is 2.47. The SMILES string of the molecule is CC#CCOc1ccc(CNC2CC2)cc1F. The van der Waals surface area contributed by atoms with Crippen molar-refractivity contribution in [3.05, 3.63) is 29.6 Å². The second kappa shape index (κ2) is 5.70. The molecule has 0 aliphatic heterocycles. The van der Waals surface area contributed by atoms with Crippen LogP contribution in [-0.4, -0.2) is 12.6 Å².